The minimum atomic E-state index is 0.597. The van der Waals surface area contributed by atoms with Crippen molar-refractivity contribution in [3.63, 3.8) is 0 Å². The van der Waals surface area contributed by atoms with E-state index >= 15 is 0 Å². The van der Waals surface area contributed by atoms with E-state index in [1.807, 2.05) is 24.3 Å². The molecule has 1 N–H and O–H groups in total. The number of hydrogen-bond acceptors (Lipinski definition) is 6. The van der Waals surface area contributed by atoms with Gasteiger partial charge >= 0.3 is 0 Å². The van der Waals surface area contributed by atoms with Gasteiger partial charge in [-0.1, -0.05) is 18.7 Å². The van der Waals surface area contributed by atoms with E-state index in [0.717, 1.165) is 34.4 Å². The lowest BCUT2D eigenvalue weighted by atomic mass is 10.3. The molecule has 0 unspecified atom stereocenters. The summed E-state index contributed by atoms with van der Waals surface area (Å²) in [7, 11) is 0. The van der Waals surface area contributed by atoms with E-state index in [-0.39, 0.29) is 0 Å². The molecule has 1 aromatic carbocycles. The SMILES string of the molecule is CCCNc1nccc(Sc2ccc3c(c2)OCCO3)n1. The number of nitrogens with one attached hydrogen (secondary N) is 1. The Kier molecular flexibility index (Phi) is 4.45. The van der Waals surface area contributed by atoms with Crippen LogP contribution in [0.5, 0.6) is 11.5 Å². The summed E-state index contributed by atoms with van der Waals surface area (Å²) >= 11 is 1.58. The molecule has 0 aliphatic carbocycles. The summed E-state index contributed by atoms with van der Waals surface area (Å²) in [6.07, 6.45) is 2.81. The van der Waals surface area contributed by atoms with E-state index in [9.17, 15) is 0 Å². The molecule has 21 heavy (non-hydrogen) atoms. The third-order valence-corrected chi connectivity index (χ3v) is 3.83. The third kappa shape index (κ3) is 3.58. The smallest absolute Gasteiger partial charge is 0.223 e. The second-order valence-corrected chi connectivity index (χ2v) is 5.65. The minimum absolute atomic E-state index is 0.597. The molecule has 1 aliphatic rings. The molecule has 2 heterocycles. The number of anilines is 1. The predicted octanol–water partition coefficient (Wildman–Crippen LogP) is 3.22. The Hall–Kier alpha value is -1.95. The van der Waals surface area contributed by atoms with Crippen LogP contribution < -0.4 is 14.8 Å². The summed E-state index contributed by atoms with van der Waals surface area (Å²) in [6.45, 7) is 4.19. The Morgan fingerprint density at radius 2 is 2.05 bits per heavy atom. The van der Waals surface area contributed by atoms with Crippen molar-refractivity contribution in [2.75, 3.05) is 25.1 Å². The fraction of sp³-hybridized carbons (Fsp3) is 0.333. The van der Waals surface area contributed by atoms with Gasteiger partial charge in [-0.25, -0.2) is 9.97 Å². The fourth-order valence-corrected chi connectivity index (χ4v) is 2.73. The van der Waals surface area contributed by atoms with Gasteiger partial charge in [-0.15, -0.1) is 0 Å². The highest BCUT2D eigenvalue weighted by Gasteiger charge is 2.12. The molecule has 0 amide bonds. The van der Waals surface area contributed by atoms with Gasteiger partial charge in [0.25, 0.3) is 0 Å². The van der Waals surface area contributed by atoms with Crippen molar-refractivity contribution >= 4 is 17.7 Å². The average Bonchev–Trinajstić information content (AvgIpc) is 2.53. The molecule has 1 aliphatic heterocycles. The van der Waals surface area contributed by atoms with Gasteiger partial charge in [0.1, 0.15) is 18.2 Å². The largest absolute Gasteiger partial charge is 0.486 e. The molecule has 1 aromatic heterocycles. The van der Waals surface area contributed by atoms with E-state index < -0.39 is 0 Å². The van der Waals surface area contributed by atoms with Gasteiger partial charge < -0.3 is 14.8 Å². The second-order valence-electron chi connectivity index (χ2n) is 4.55. The monoisotopic (exact) mass is 303 g/mol. The Bertz CT molecular complexity index is 622. The first-order valence-corrected chi connectivity index (χ1v) is 7.81. The standard InChI is InChI=1S/C15H17N3O2S/c1-2-6-16-15-17-7-5-14(18-15)21-11-3-4-12-13(10-11)20-9-8-19-12/h3-5,7,10H,2,6,8-9H2,1H3,(H,16,17,18). The fourth-order valence-electron chi connectivity index (χ4n) is 1.93. The van der Waals surface area contributed by atoms with E-state index in [1.54, 1.807) is 18.0 Å². The molecule has 110 valence electrons. The van der Waals surface area contributed by atoms with E-state index in [4.69, 9.17) is 9.47 Å². The highest BCUT2D eigenvalue weighted by atomic mass is 32.2. The van der Waals surface area contributed by atoms with Crippen LogP contribution in [0.4, 0.5) is 5.95 Å². The van der Waals surface area contributed by atoms with Crippen LogP contribution in [-0.2, 0) is 0 Å². The van der Waals surface area contributed by atoms with E-state index in [0.29, 0.717) is 19.2 Å². The normalized spacial score (nSPS) is 13.0. The van der Waals surface area contributed by atoms with Crippen molar-refractivity contribution in [1.82, 2.24) is 9.97 Å². The Morgan fingerprint density at radius 3 is 2.90 bits per heavy atom. The number of fused-ring (bicyclic) bond motifs is 1. The maximum atomic E-state index is 5.60. The summed E-state index contributed by atoms with van der Waals surface area (Å²) in [5.74, 6) is 2.27. The molecule has 0 bridgehead atoms. The third-order valence-electron chi connectivity index (χ3n) is 2.90. The number of rotatable bonds is 5. The van der Waals surface area contributed by atoms with Gasteiger partial charge in [0.05, 0.1) is 0 Å². The topological polar surface area (TPSA) is 56.3 Å². The first-order valence-electron chi connectivity index (χ1n) is 6.99. The zero-order chi connectivity index (χ0) is 14.5. The molecule has 5 nitrogen and oxygen atoms in total. The Balaban J connectivity index is 1.74. The number of aromatic nitrogens is 2. The number of ether oxygens (including phenoxy) is 2. The van der Waals surface area contributed by atoms with Gasteiger partial charge in [-0.3, -0.25) is 0 Å². The maximum Gasteiger partial charge on any atom is 0.223 e. The molecule has 0 saturated carbocycles. The van der Waals surface area contributed by atoms with Crippen LogP contribution in [0.15, 0.2) is 40.4 Å². The van der Waals surface area contributed by atoms with Crippen molar-refractivity contribution in [3.8, 4) is 11.5 Å². The zero-order valence-corrected chi connectivity index (χ0v) is 12.7. The first-order chi connectivity index (χ1) is 10.3. The lowest BCUT2D eigenvalue weighted by molar-refractivity contribution is 0.171. The number of nitrogens with zero attached hydrogens (tertiary/aromatic N) is 2. The first kappa shape index (κ1) is 14.0. The van der Waals surface area contributed by atoms with E-state index in [2.05, 4.69) is 22.2 Å². The van der Waals surface area contributed by atoms with Gasteiger partial charge in [0, 0.05) is 17.6 Å². The molecule has 0 spiro atoms. The van der Waals surface area contributed by atoms with Crippen molar-refractivity contribution in [3.05, 3.63) is 30.5 Å². The molecule has 3 rings (SSSR count). The molecular formula is C15H17N3O2S. The van der Waals surface area contributed by atoms with Gasteiger partial charge in [0.2, 0.25) is 5.95 Å². The van der Waals surface area contributed by atoms with Crippen molar-refractivity contribution in [2.45, 2.75) is 23.3 Å². The lowest BCUT2D eigenvalue weighted by Crippen LogP contribution is -2.15. The molecule has 0 radical (unpaired) electrons. The Morgan fingerprint density at radius 1 is 1.19 bits per heavy atom. The summed E-state index contributed by atoms with van der Waals surface area (Å²) < 4.78 is 11.1. The lowest BCUT2D eigenvalue weighted by Gasteiger charge is -2.18. The highest BCUT2D eigenvalue weighted by molar-refractivity contribution is 7.99. The summed E-state index contributed by atoms with van der Waals surface area (Å²) in [5, 5.41) is 4.09. The van der Waals surface area contributed by atoms with Crippen LogP contribution in [0.25, 0.3) is 0 Å². The molecular weight excluding hydrogens is 286 g/mol. The van der Waals surface area contributed by atoms with Crippen molar-refractivity contribution in [1.29, 1.82) is 0 Å². The van der Waals surface area contributed by atoms with Crippen LogP contribution in [0, 0.1) is 0 Å². The second kappa shape index (κ2) is 6.67. The summed E-state index contributed by atoms with van der Waals surface area (Å²) in [5.41, 5.74) is 0. The van der Waals surface area contributed by atoms with Gasteiger partial charge in [0.15, 0.2) is 11.5 Å². The maximum absolute atomic E-state index is 5.60. The molecule has 0 saturated heterocycles. The van der Waals surface area contributed by atoms with Gasteiger partial charge in [-0.05, 0) is 30.7 Å². The van der Waals surface area contributed by atoms with Crippen LogP contribution in [0.3, 0.4) is 0 Å². The number of hydrogen-bond donors (Lipinski definition) is 1. The molecule has 6 heteroatoms. The Labute approximate surface area is 128 Å². The van der Waals surface area contributed by atoms with Crippen LogP contribution in [0.1, 0.15) is 13.3 Å². The molecule has 0 fully saturated rings. The predicted molar refractivity (Wildman–Crippen MR) is 82.4 cm³/mol. The number of benzene rings is 1. The highest BCUT2D eigenvalue weighted by Crippen LogP contribution is 2.36. The van der Waals surface area contributed by atoms with Crippen molar-refractivity contribution < 1.29 is 9.47 Å². The van der Waals surface area contributed by atoms with Crippen LogP contribution >= 0.6 is 11.8 Å². The van der Waals surface area contributed by atoms with Crippen molar-refractivity contribution in [2.24, 2.45) is 0 Å². The molecule has 2 aromatic rings. The summed E-state index contributed by atoms with van der Waals surface area (Å²) in [4.78, 5) is 9.76. The zero-order valence-electron chi connectivity index (χ0n) is 11.8. The summed E-state index contributed by atoms with van der Waals surface area (Å²) in [6, 6.07) is 7.84. The van der Waals surface area contributed by atoms with Crippen LogP contribution in [0.2, 0.25) is 0 Å². The van der Waals surface area contributed by atoms with Gasteiger partial charge in [-0.2, -0.15) is 0 Å². The van der Waals surface area contributed by atoms with Crippen LogP contribution in [-0.4, -0.2) is 29.7 Å². The molecule has 0 atom stereocenters. The average molecular weight is 303 g/mol. The van der Waals surface area contributed by atoms with E-state index in [1.165, 1.54) is 0 Å². The quantitative estimate of drug-likeness (QED) is 0.856. The minimum Gasteiger partial charge on any atom is -0.486 e.